The predicted molar refractivity (Wildman–Crippen MR) is 165 cm³/mol. The van der Waals surface area contributed by atoms with Crippen molar-refractivity contribution in [1.29, 1.82) is 0 Å². The van der Waals surface area contributed by atoms with Gasteiger partial charge in [-0.25, -0.2) is 4.79 Å². The lowest BCUT2D eigenvalue weighted by Gasteiger charge is -2.44. The molecule has 0 bridgehead atoms. The number of benzene rings is 2. The molecule has 4 rings (SSSR count). The van der Waals surface area contributed by atoms with Gasteiger partial charge < -0.3 is 33.3 Å². The number of likely N-dealkylation sites (tertiary alicyclic amines) is 1. The molecule has 2 aliphatic rings. The van der Waals surface area contributed by atoms with Crippen LogP contribution in [0.3, 0.4) is 0 Å². The molecule has 2 saturated heterocycles. The second kappa shape index (κ2) is 14.1. The van der Waals surface area contributed by atoms with Crippen LogP contribution in [0.15, 0.2) is 54.3 Å². The average Bonchev–Trinajstić information content (AvgIpc) is 3.21. The van der Waals surface area contributed by atoms with Gasteiger partial charge in [-0.2, -0.15) is 0 Å². The van der Waals surface area contributed by atoms with Gasteiger partial charge in [-0.1, -0.05) is 12.2 Å². The van der Waals surface area contributed by atoms with E-state index in [1.165, 1.54) is 0 Å². The van der Waals surface area contributed by atoms with E-state index in [-0.39, 0.29) is 6.03 Å². The first-order valence-corrected chi connectivity index (χ1v) is 14.4. The first kappa shape index (κ1) is 32.0. The second-order valence-corrected chi connectivity index (χ2v) is 11.0. The van der Waals surface area contributed by atoms with Crippen molar-refractivity contribution in [2.45, 2.75) is 38.4 Å². The van der Waals surface area contributed by atoms with Crippen LogP contribution in [0, 0.1) is 0 Å². The molecule has 10 nitrogen and oxygen atoms in total. The Labute approximate surface area is 255 Å². The number of carbonyl (C=O) groups excluding carboxylic acids is 1. The smallest absolute Gasteiger partial charge is 0.325 e. The van der Waals surface area contributed by atoms with Crippen molar-refractivity contribution in [3.63, 3.8) is 0 Å². The summed E-state index contributed by atoms with van der Waals surface area (Å²) in [6.45, 7) is 9.79. The Balaban J connectivity index is 1.66. The van der Waals surface area contributed by atoms with Crippen molar-refractivity contribution in [1.82, 2.24) is 14.7 Å². The monoisotopic (exact) mass is 595 g/mol. The third-order valence-corrected chi connectivity index (χ3v) is 8.21. The molecule has 0 radical (unpaired) electrons. The first-order valence-electron chi connectivity index (χ1n) is 14.4. The van der Waals surface area contributed by atoms with E-state index in [2.05, 4.69) is 17.6 Å². The largest absolute Gasteiger partial charge is 0.497 e. The van der Waals surface area contributed by atoms with Crippen LogP contribution >= 0.6 is 0 Å². The van der Waals surface area contributed by atoms with Crippen LogP contribution < -0.4 is 23.7 Å². The van der Waals surface area contributed by atoms with Crippen LogP contribution in [0.1, 0.15) is 30.9 Å². The van der Waals surface area contributed by atoms with E-state index < -0.39 is 5.54 Å². The zero-order chi connectivity index (χ0) is 31.1. The Morgan fingerprint density at radius 3 is 1.91 bits per heavy atom. The number of allylic oxidation sites excluding steroid dienone is 2. The lowest BCUT2D eigenvalue weighted by molar-refractivity contribution is 0.0671. The van der Waals surface area contributed by atoms with Crippen LogP contribution in [0.2, 0.25) is 0 Å². The molecule has 2 aromatic rings. The summed E-state index contributed by atoms with van der Waals surface area (Å²) in [6.07, 6.45) is 3.61. The van der Waals surface area contributed by atoms with Crippen LogP contribution in [0.25, 0.3) is 0 Å². The zero-order valence-electron chi connectivity index (χ0n) is 26.5. The molecule has 2 fully saturated rings. The lowest BCUT2D eigenvalue weighted by atomic mass is 9.82. The van der Waals surface area contributed by atoms with Crippen LogP contribution in [-0.2, 0) is 17.8 Å². The summed E-state index contributed by atoms with van der Waals surface area (Å²) < 4.78 is 33.1. The highest BCUT2D eigenvalue weighted by Crippen LogP contribution is 2.46. The number of rotatable bonds is 13. The van der Waals surface area contributed by atoms with E-state index >= 15 is 0 Å². The molecule has 2 amide bonds. The highest BCUT2D eigenvalue weighted by Gasteiger charge is 2.54. The molecule has 2 aliphatic heterocycles. The molecule has 0 unspecified atom stereocenters. The van der Waals surface area contributed by atoms with Gasteiger partial charge in [-0.05, 0) is 61.2 Å². The summed E-state index contributed by atoms with van der Waals surface area (Å²) >= 11 is 0. The number of hydrogen-bond acceptors (Lipinski definition) is 8. The Morgan fingerprint density at radius 1 is 0.837 bits per heavy atom. The quantitative estimate of drug-likeness (QED) is 0.316. The third kappa shape index (κ3) is 6.70. The fourth-order valence-electron chi connectivity index (χ4n) is 6.14. The van der Waals surface area contributed by atoms with Crippen LogP contribution in [-0.4, -0.2) is 95.2 Å². The van der Waals surface area contributed by atoms with Crippen molar-refractivity contribution in [2.75, 3.05) is 68.9 Å². The number of carbonyl (C=O) groups is 1. The fourth-order valence-corrected chi connectivity index (χ4v) is 6.14. The maximum Gasteiger partial charge on any atom is 0.325 e. The fraction of sp³-hybridized carbons (Fsp3) is 0.485. The van der Waals surface area contributed by atoms with Gasteiger partial charge in [-0.3, -0.25) is 9.80 Å². The minimum absolute atomic E-state index is 0.0516. The molecule has 0 atom stereocenters. The number of amides is 2. The molecule has 43 heavy (non-hydrogen) atoms. The van der Waals surface area contributed by atoms with E-state index in [0.29, 0.717) is 36.9 Å². The van der Waals surface area contributed by atoms with E-state index in [4.69, 9.17) is 28.4 Å². The molecule has 2 heterocycles. The van der Waals surface area contributed by atoms with Crippen LogP contribution in [0.4, 0.5) is 4.79 Å². The topological polar surface area (TPSA) is 82.2 Å². The summed E-state index contributed by atoms with van der Waals surface area (Å²) in [5.41, 5.74) is 3.34. The SMILES string of the molecule is C=C(C)C=C1N(Cc2cc(OC)c(OC)c(OC)c2)C(=O)N(CCOC)C12CCN(Cc1cc(OC)cc(OC)c1)CC2. The Hall–Kier alpha value is -3.89. The highest BCUT2D eigenvalue weighted by atomic mass is 16.5. The molecule has 2 aromatic carbocycles. The normalized spacial score (nSPS) is 17.5. The number of ether oxygens (including phenoxy) is 6. The van der Waals surface area contributed by atoms with Gasteiger partial charge in [0.1, 0.15) is 11.5 Å². The minimum Gasteiger partial charge on any atom is -0.497 e. The van der Waals surface area contributed by atoms with Gasteiger partial charge in [0, 0.05) is 45.1 Å². The summed E-state index contributed by atoms with van der Waals surface area (Å²) in [4.78, 5) is 20.5. The number of methoxy groups -OCH3 is 6. The zero-order valence-corrected chi connectivity index (χ0v) is 26.5. The number of piperidine rings is 1. The van der Waals surface area contributed by atoms with Gasteiger partial charge in [0.25, 0.3) is 0 Å². The summed E-state index contributed by atoms with van der Waals surface area (Å²) in [6, 6.07) is 9.70. The summed E-state index contributed by atoms with van der Waals surface area (Å²) in [5.74, 6) is 3.14. The number of nitrogens with zero attached hydrogens (tertiary/aromatic N) is 3. The van der Waals surface area contributed by atoms with E-state index in [1.807, 2.05) is 47.1 Å². The minimum atomic E-state index is -0.488. The van der Waals surface area contributed by atoms with Gasteiger partial charge in [-0.15, -0.1) is 0 Å². The van der Waals surface area contributed by atoms with Crippen LogP contribution in [0.5, 0.6) is 28.7 Å². The second-order valence-electron chi connectivity index (χ2n) is 11.0. The van der Waals surface area contributed by atoms with E-state index in [0.717, 1.165) is 66.4 Å². The summed E-state index contributed by atoms with van der Waals surface area (Å²) in [5, 5.41) is 0. The van der Waals surface area contributed by atoms with Gasteiger partial charge in [0.15, 0.2) is 11.5 Å². The lowest BCUT2D eigenvalue weighted by Crippen LogP contribution is -2.54. The summed E-state index contributed by atoms with van der Waals surface area (Å²) in [7, 11) is 9.74. The molecule has 0 N–H and O–H groups in total. The third-order valence-electron chi connectivity index (χ3n) is 8.21. The molecular weight excluding hydrogens is 550 g/mol. The molecule has 0 aromatic heterocycles. The first-order chi connectivity index (χ1) is 20.7. The van der Waals surface area contributed by atoms with Crippen molar-refractivity contribution >= 4 is 6.03 Å². The van der Waals surface area contributed by atoms with Crippen molar-refractivity contribution < 1.29 is 33.2 Å². The van der Waals surface area contributed by atoms with Gasteiger partial charge >= 0.3 is 6.03 Å². The predicted octanol–water partition coefficient (Wildman–Crippen LogP) is 5.11. The van der Waals surface area contributed by atoms with E-state index in [1.54, 1.807) is 42.7 Å². The average molecular weight is 596 g/mol. The molecule has 1 spiro atoms. The maximum atomic E-state index is 14.2. The molecule has 0 aliphatic carbocycles. The van der Waals surface area contributed by atoms with Gasteiger partial charge in [0.2, 0.25) is 5.75 Å². The highest BCUT2D eigenvalue weighted by molar-refractivity contribution is 5.83. The standard InChI is InChI=1S/C33H45N3O7/c1-23(2)15-30-33(9-11-34(12-10-33)21-24-16-26(39-4)20-27(17-24)40-5)36(13-14-38-3)32(37)35(30)22-25-18-28(41-6)31(43-8)29(19-25)42-7/h15-20H,1,9-14,21-22H2,2-8H3. The van der Waals surface area contributed by atoms with Crippen molar-refractivity contribution in [3.8, 4) is 28.7 Å². The van der Waals surface area contributed by atoms with Crippen molar-refractivity contribution in [3.05, 3.63) is 65.4 Å². The van der Waals surface area contributed by atoms with Crippen molar-refractivity contribution in [2.24, 2.45) is 0 Å². The molecule has 234 valence electrons. The number of urea groups is 1. The van der Waals surface area contributed by atoms with E-state index in [9.17, 15) is 4.79 Å². The maximum absolute atomic E-state index is 14.2. The molecule has 0 saturated carbocycles. The molecular formula is C33H45N3O7. The van der Waals surface area contributed by atoms with Gasteiger partial charge in [0.05, 0.1) is 54.2 Å². The number of hydrogen-bond donors (Lipinski definition) is 0. The Bertz CT molecular complexity index is 1290. The molecule has 10 heteroatoms. The Kier molecular flexibility index (Phi) is 10.5. The Morgan fingerprint density at radius 2 is 1.42 bits per heavy atom.